The van der Waals surface area contributed by atoms with E-state index in [-0.39, 0.29) is 28.9 Å². The van der Waals surface area contributed by atoms with Crippen molar-refractivity contribution >= 4 is 11.8 Å². The lowest BCUT2D eigenvalue weighted by atomic mass is 9.77. The Kier molecular flexibility index (Phi) is 4.10. The summed E-state index contributed by atoms with van der Waals surface area (Å²) < 4.78 is 16.6. The molecule has 7 heteroatoms. The molecule has 120 valence electrons. The normalized spacial score (nSPS) is 19.5. The maximum Gasteiger partial charge on any atom is 0.343 e. The van der Waals surface area contributed by atoms with Crippen LogP contribution in [0.15, 0.2) is 11.0 Å². The smallest absolute Gasteiger partial charge is 0.343 e. The van der Waals surface area contributed by atoms with Crippen molar-refractivity contribution in [1.82, 2.24) is 4.57 Å². The van der Waals surface area contributed by atoms with E-state index in [4.69, 9.17) is 9.47 Å². The van der Waals surface area contributed by atoms with Crippen molar-refractivity contribution in [3.63, 3.8) is 0 Å². The van der Waals surface area contributed by atoms with Crippen LogP contribution < -0.4 is 10.2 Å². The Morgan fingerprint density at radius 2 is 1.91 bits per heavy atom. The first-order chi connectivity index (χ1) is 10.3. The molecule has 0 radical (unpaired) electrons. The Morgan fingerprint density at radius 3 is 2.41 bits per heavy atom. The van der Waals surface area contributed by atoms with Gasteiger partial charge in [-0.25, -0.2) is 4.79 Å². The highest BCUT2D eigenvalue weighted by Gasteiger charge is 2.45. The number of hydrogen-bond acceptors (Lipinski definition) is 6. The number of aromatic nitrogens is 1. The molecule has 0 spiro atoms. The number of fused-ring (bicyclic) bond motifs is 1. The van der Waals surface area contributed by atoms with E-state index in [9.17, 15) is 14.4 Å². The van der Waals surface area contributed by atoms with Crippen molar-refractivity contribution in [3.05, 3.63) is 27.7 Å². The van der Waals surface area contributed by atoms with Crippen LogP contribution in [0.4, 0.5) is 0 Å². The summed E-state index contributed by atoms with van der Waals surface area (Å²) in [5.41, 5.74) is -1.48. The number of methoxy groups -OCH3 is 3. The molecule has 0 saturated carbocycles. The van der Waals surface area contributed by atoms with Crippen LogP contribution >= 0.6 is 0 Å². The second kappa shape index (κ2) is 5.57. The minimum atomic E-state index is -0.804. The summed E-state index contributed by atoms with van der Waals surface area (Å²) in [6.45, 7) is 3.83. The maximum atomic E-state index is 12.8. The van der Waals surface area contributed by atoms with Gasteiger partial charge in [-0.3, -0.25) is 9.59 Å². The van der Waals surface area contributed by atoms with Crippen LogP contribution in [0.3, 0.4) is 0 Å². The summed E-state index contributed by atoms with van der Waals surface area (Å²) in [4.78, 5) is 36.9. The number of carbonyl (C=O) groups is 2. The molecule has 0 N–H and O–H groups in total. The number of nitrogens with zero attached hydrogens (tertiary/aromatic N) is 1. The molecule has 1 aromatic heterocycles. The fourth-order valence-corrected chi connectivity index (χ4v) is 2.69. The highest BCUT2D eigenvalue weighted by Crippen LogP contribution is 2.36. The van der Waals surface area contributed by atoms with Crippen molar-refractivity contribution in [1.29, 1.82) is 0 Å². The van der Waals surface area contributed by atoms with Crippen LogP contribution in [0, 0.1) is 5.41 Å². The van der Waals surface area contributed by atoms with Crippen LogP contribution in [0.1, 0.15) is 34.7 Å². The molecule has 0 aliphatic carbocycles. The van der Waals surface area contributed by atoms with Crippen molar-refractivity contribution in [3.8, 4) is 5.75 Å². The number of ketones is 1. The molecule has 1 aliphatic heterocycles. The van der Waals surface area contributed by atoms with E-state index in [1.165, 1.54) is 32.1 Å². The molecule has 2 heterocycles. The number of carbonyl (C=O) groups excluding carboxylic acids is 2. The zero-order valence-corrected chi connectivity index (χ0v) is 13.3. The van der Waals surface area contributed by atoms with Gasteiger partial charge in [0.25, 0.3) is 0 Å². The number of rotatable bonds is 3. The lowest BCUT2D eigenvalue weighted by Crippen LogP contribution is -2.48. The molecular weight excluding hydrogens is 290 g/mol. The molecule has 1 unspecified atom stereocenters. The van der Waals surface area contributed by atoms with Crippen molar-refractivity contribution in [2.24, 2.45) is 5.41 Å². The summed E-state index contributed by atoms with van der Waals surface area (Å²) in [5.74, 6) is -1.18. The van der Waals surface area contributed by atoms with E-state index < -0.39 is 16.8 Å². The first-order valence-electron chi connectivity index (χ1n) is 6.76. The molecule has 0 aromatic carbocycles. The molecule has 22 heavy (non-hydrogen) atoms. The Morgan fingerprint density at radius 1 is 1.27 bits per heavy atom. The lowest BCUT2D eigenvalue weighted by molar-refractivity contribution is -0.00737. The lowest BCUT2D eigenvalue weighted by Gasteiger charge is -2.38. The molecule has 0 fully saturated rings. The molecule has 7 nitrogen and oxygen atoms in total. The van der Waals surface area contributed by atoms with Gasteiger partial charge in [0.15, 0.2) is 11.5 Å². The largest absolute Gasteiger partial charge is 0.491 e. The monoisotopic (exact) mass is 309 g/mol. The molecule has 0 bridgehead atoms. The van der Waals surface area contributed by atoms with E-state index in [1.807, 2.05) is 0 Å². The Bertz CT molecular complexity index is 688. The number of esters is 1. The number of Topliss-reactive ketones (excluding diaryl/α,β-unsaturated/α-hetero) is 1. The van der Waals surface area contributed by atoms with Gasteiger partial charge in [0.2, 0.25) is 5.43 Å². The average molecular weight is 309 g/mol. The summed E-state index contributed by atoms with van der Waals surface area (Å²) in [6, 6.07) is 0. The van der Waals surface area contributed by atoms with Gasteiger partial charge in [0, 0.05) is 13.3 Å². The number of pyridine rings is 1. The van der Waals surface area contributed by atoms with Gasteiger partial charge < -0.3 is 18.8 Å². The van der Waals surface area contributed by atoms with Gasteiger partial charge in [-0.2, -0.15) is 0 Å². The van der Waals surface area contributed by atoms with Crippen LogP contribution in [-0.4, -0.2) is 43.8 Å². The zero-order valence-electron chi connectivity index (χ0n) is 13.3. The third-order valence-corrected chi connectivity index (χ3v) is 4.10. The van der Waals surface area contributed by atoms with Crippen molar-refractivity contribution in [2.45, 2.75) is 26.5 Å². The quantitative estimate of drug-likeness (QED) is 0.771. The van der Waals surface area contributed by atoms with Crippen molar-refractivity contribution < 1.29 is 23.8 Å². The van der Waals surface area contributed by atoms with Gasteiger partial charge in [0.1, 0.15) is 11.3 Å². The van der Waals surface area contributed by atoms with E-state index in [0.717, 1.165) is 0 Å². The van der Waals surface area contributed by atoms with Crippen molar-refractivity contribution in [2.75, 3.05) is 21.3 Å². The van der Waals surface area contributed by atoms with E-state index in [1.54, 1.807) is 13.8 Å². The van der Waals surface area contributed by atoms with E-state index >= 15 is 0 Å². The van der Waals surface area contributed by atoms with Gasteiger partial charge in [-0.1, -0.05) is 0 Å². The first-order valence-corrected chi connectivity index (χ1v) is 6.76. The molecular formula is C15H19NO6. The fourth-order valence-electron chi connectivity index (χ4n) is 2.69. The van der Waals surface area contributed by atoms with Crippen LogP contribution in [0.25, 0.3) is 0 Å². The summed E-state index contributed by atoms with van der Waals surface area (Å²) in [5, 5.41) is 0. The second-order valence-electron chi connectivity index (χ2n) is 5.67. The molecule has 1 atom stereocenters. The van der Waals surface area contributed by atoms with E-state index in [0.29, 0.717) is 6.54 Å². The first kappa shape index (κ1) is 16.2. The average Bonchev–Trinajstić information content (AvgIpc) is 2.50. The Hall–Kier alpha value is -2.15. The standard InChI is InChI=1S/C15H19NO6/c1-15(2)9(20-3)7-16-6-8(14(19)22-5)11(17)12(21-4)10(16)13(15)18/h6,9H,7H2,1-5H3. The minimum Gasteiger partial charge on any atom is -0.491 e. The minimum absolute atomic E-state index is 0.143. The predicted molar refractivity (Wildman–Crippen MR) is 77.5 cm³/mol. The second-order valence-corrected chi connectivity index (χ2v) is 5.67. The molecule has 1 aromatic rings. The van der Waals surface area contributed by atoms with E-state index in [2.05, 4.69) is 4.74 Å². The Labute approximate surface area is 127 Å². The van der Waals surface area contributed by atoms with Crippen LogP contribution in [0.5, 0.6) is 5.75 Å². The van der Waals surface area contributed by atoms with Gasteiger partial charge in [0.05, 0.1) is 32.3 Å². The number of hydrogen-bond donors (Lipinski definition) is 0. The maximum absolute atomic E-state index is 12.8. The van der Waals surface area contributed by atoms with Crippen LogP contribution in [0.2, 0.25) is 0 Å². The van der Waals surface area contributed by atoms with Gasteiger partial charge in [-0.05, 0) is 13.8 Å². The zero-order chi connectivity index (χ0) is 16.7. The summed E-state index contributed by atoms with van der Waals surface area (Å²) in [7, 11) is 4.00. The Balaban J connectivity index is 2.76. The topological polar surface area (TPSA) is 83.8 Å². The van der Waals surface area contributed by atoms with Gasteiger partial charge in [-0.15, -0.1) is 0 Å². The summed E-state index contributed by atoms with van der Waals surface area (Å²) in [6.07, 6.45) is 0.941. The van der Waals surface area contributed by atoms with Crippen LogP contribution in [-0.2, 0) is 16.0 Å². The highest BCUT2D eigenvalue weighted by atomic mass is 16.5. The molecule has 0 amide bonds. The summed E-state index contributed by atoms with van der Waals surface area (Å²) >= 11 is 0. The third kappa shape index (κ3) is 2.21. The molecule has 0 saturated heterocycles. The SMILES string of the molecule is COC(=O)c1cn2c(c(OC)c1=O)C(=O)C(C)(C)C(OC)C2. The predicted octanol–water partition coefficient (Wildman–Crippen LogP) is 0.881. The fraction of sp³-hybridized carbons (Fsp3) is 0.533. The number of ether oxygens (including phenoxy) is 3. The third-order valence-electron chi connectivity index (χ3n) is 4.10. The highest BCUT2D eigenvalue weighted by molar-refractivity contribution is 6.03. The van der Waals surface area contributed by atoms with Gasteiger partial charge >= 0.3 is 5.97 Å². The molecule has 2 rings (SSSR count). The molecule has 1 aliphatic rings.